The summed E-state index contributed by atoms with van der Waals surface area (Å²) in [5.41, 5.74) is 0. The first-order valence-corrected chi connectivity index (χ1v) is 2.49. The Kier molecular flexibility index (Phi) is 11.9. The number of hydrogen-bond donors (Lipinski definition) is 1. The van der Waals surface area contributed by atoms with Crippen LogP contribution in [-0.2, 0) is 4.79 Å². The predicted octanol–water partition coefficient (Wildman–Crippen LogP) is 0.345. The van der Waals surface area contributed by atoms with Gasteiger partial charge < -0.3 is 5.11 Å². The van der Waals surface area contributed by atoms with Crippen LogP contribution in [0.5, 0.6) is 0 Å². The van der Waals surface area contributed by atoms with E-state index in [9.17, 15) is 4.79 Å². The fraction of sp³-hybridized carbons (Fsp3) is 0.800. The summed E-state index contributed by atoms with van der Waals surface area (Å²) < 4.78 is 0. The molecule has 0 aromatic carbocycles. The molecule has 0 aromatic heterocycles. The van der Waals surface area contributed by atoms with Gasteiger partial charge in [-0.15, -0.1) is 0 Å². The van der Waals surface area contributed by atoms with Gasteiger partial charge in [0.2, 0.25) is 0 Å². The Morgan fingerprint density at radius 1 is 1.62 bits per heavy atom. The predicted molar refractivity (Wildman–Crippen MR) is 35.7 cm³/mol. The minimum atomic E-state index is -0.693. The van der Waals surface area contributed by atoms with Crippen LogP contribution >= 0.6 is 0 Å². The van der Waals surface area contributed by atoms with Crippen molar-refractivity contribution >= 4 is 54.9 Å². The average Bonchev–Trinajstić information content (AvgIpc) is 1.61. The Hall–Kier alpha value is 1.04. The van der Waals surface area contributed by atoms with Crippen molar-refractivity contribution in [1.82, 2.24) is 0 Å². The van der Waals surface area contributed by atoms with E-state index in [4.69, 9.17) is 5.11 Å². The topological polar surface area (TPSA) is 37.3 Å². The number of carboxylic acid groups (broad SMARTS) is 1. The number of hydrogen-bond acceptors (Lipinski definition) is 1. The first-order valence-electron chi connectivity index (χ1n) is 2.49. The van der Waals surface area contributed by atoms with Crippen LogP contribution in [0.3, 0.4) is 0 Å². The summed E-state index contributed by atoms with van der Waals surface area (Å²) >= 11 is 0. The van der Waals surface area contributed by atoms with Crippen molar-refractivity contribution in [3.05, 3.63) is 0 Å². The molecule has 0 aliphatic carbocycles. The van der Waals surface area contributed by atoms with Crippen LogP contribution < -0.4 is 0 Å². The molecule has 0 rings (SSSR count). The van der Waals surface area contributed by atoms with Crippen LogP contribution in [-0.4, -0.2) is 60.0 Å². The molecule has 0 heterocycles. The van der Waals surface area contributed by atoms with Gasteiger partial charge in [0.15, 0.2) is 0 Å². The molecule has 0 aliphatic heterocycles. The molecular weight excluding hydrogens is 229 g/mol. The zero-order chi connectivity index (χ0) is 5.70. The molecule has 0 aliphatic rings. The molecule has 0 unspecified atom stereocenters. The third-order valence-corrected chi connectivity index (χ3v) is 0.744. The van der Waals surface area contributed by atoms with Crippen molar-refractivity contribution in [2.75, 3.05) is 0 Å². The third-order valence-electron chi connectivity index (χ3n) is 0.744. The van der Waals surface area contributed by atoms with Gasteiger partial charge in [0.05, 0.1) is 0 Å². The van der Waals surface area contributed by atoms with E-state index in [0.29, 0.717) is 6.42 Å². The van der Waals surface area contributed by atoms with Crippen LogP contribution in [0.1, 0.15) is 26.2 Å². The quantitative estimate of drug-likeness (QED) is 0.724. The molecule has 1 N–H and O–H groups in total. The van der Waals surface area contributed by atoms with Crippen molar-refractivity contribution in [3.8, 4) is 0 Å². The fourth-order valence-corrected chi connectivity index (χ4v) is 0.328. The van der Waals surface area contributed by atoms with Gasteiger partial charge in [-0.1, -0.05) is 13.3 Å². The number of carbonyl (C=O) groups is 1. The zero-order valence-electron chi connectivity index (χ0n) is 4.48. The molecule has 0 saturated carbocycles. The molecule has 2 nitrogen and oxygen atoms in total. The Labute approximate surface area is 89.7 Å². The maximum atomic E-state index is 9.76. The second-order valence-electron chi connectivity index (χ2n) is 1.50. The van der Waals surface area contributed by atoms with Gasteiger partial charge in [-0.25, -0.2) is 0 Å². The fourth-order valence-electron chi connectivity index (χ4n) is 0.328. The van der Waals surface area contributed by atoms with Crippen molar-refractivity contribution < 1.29 is 9.90 Å². The molecule has 0 atom stereocenters. The summed E-state index contributed by atoms with van der Waals surface area (Å²) in [7, 11) is 0. The van der Waals surface area contributed by atoms with Gasteiger partial charge in [-0.3, -0.25) is 4.79 Å². The van der Waals surface area contributed by atoms with E-state index in [0.717, 1.165) is 12.8 Å². The summed E-state index contributed by atoms with van der Waals surface area (Å²) in [6.45, 7) is 1.98. The molecule has 46 valence electrons. The summed E-state index contributed by atoms with van der Waals surface area (Å²) in [5, 5.41) is 8.04. The first-order chi connectivity index (χ1) is 3.27. The number of unbranched alkanes of at least 4 members (excludes halogenated alkanes) is 1. The van der Waals surface area contributed by atoms with E-state index in [2.05, 4.69) is 0 Å². The van der Waals surface area contributed by atoms with Gasteiger partial charge in [0.25, 0.3) is 0 Å². The number of aliphatic carboxylic acids is 1. The van der Waals surface area contributed by atoms with Gasteiger partial charge in [-0.2, -0.15) is 0 Å². The average molecular weight is 241 g/mol. The Morgan fingerprint density at radius 3 is 2.25 bits per heavy atom. The molecule has 0 amide bonds. The van der Waals surface area contributed by atoms with E-state index in [-0.39, 0.29) is 48.9 Å². The van der Waals surface area contributed by atoms with Crippen molar-refractivity contribution in [1.29, 1.82) is 0 Å². The molecular formula is C5H12BaO2. The van der Waals surface area contributed by atoms with Crippen LogP contribution in [0.2, 0.25) is 0 Å². The molecule has 8 heavy (non-hydrogen) atoms. The van der Waals surface area contributed by atoms with E-state index in [1.165, 1.54) is 0 Å². The second-order valence-corrected chi connectivity index (χ2v) is 1.50. The molecule has 3 heteroatoms. The Morgan fingerprint density at radius 2 is 2.12 bits per heavy atom. The van der Waals surface area contributed by atoms with E-state index < -0.39 is 5.97 Å². The summed E-state index contributed by atoms with van der Waals surface area (Å²) in [4.78, 5) is 9.76. The molecule has 0 radical (unpaired) electrons. The van der Waals surface area contributed by atoms with Crippen LogP contribution in [0.25, 0.3) is 0 Å². The second kappa shape index (κ2) is 8.04. The molecule has 0 bridgehead atoms. The van der Waals surface area contributed by atoms with E-state index in [1.54, 1.807) is 0 Å². The number of rotatable bonds is 3. The standard InChI is InChI=1S/C5H10O2.Ba.2H/c1-2-3-4-5(6)7;;;/h2-4H2,1H3,(H,6,7);;;. The summed E-state index contributed by atoms with van der Waals surface area (Å²) in [6, 6.07) is 0. The van der Waals surface area contributed by atoms with E-state index in [1.807, 2.05) is 6.92 Å². The van der Waals surface area contributed by atoms with Gasteiger partial charge in [0, 0.05) is 6.42 Å². The summed E-state index contributed by atoms with van der Waals surface area (Å²) in [6.07, 6.45) is 2.08. The van der Waals surface area contributed by atoms with Crippen LogP contribution in [0, 0.1) is 0 Å². The van der Waals surface area contributed by atoms with Gasteiger partial charge in [-0.05, 0) is 6.42 Å². The molecule has 0 saturated heterocycles. The first kappa shape index (κ1) is 11.8. The van der Waals surface area contributed by atoms with Crippen molar-refractivity contribution in [3.63, 3.8) is 0 Å². The summed E-state index contributed by atoms with van der Waals surface area (Å²) in [5.74, 6) is -0.693. The Bertz CT molecular complexity index is 63.4. The number of carboxylic acids is 1. The maximum absolute atomic E-state index is 9.76. The molecule has 0 fully saturated rings. The van der Waals surface area contributed by atoms with Crippen molar-refractivity contribution in [2.45, 2.75) is 26.2 Å². The Balaban J connectivity index is 0. The van der Waals surface area contributed by atoms with Crippen molar-refractivity contribution in [2.24, 2.45) is 0 Å². The van der Waals surface area contributed by atoms with E-state index >= 15 is 0 Å². The third kappa shape index (κ3) is 10.1. The molecule has 0 aromatic rings. The monoisotopic (exact) mass is 242 g/mol. The van der Waals surface area contributed by atoms with Crippen LogP contribution in [0.4, 0.5) is 0 Å². The SMILES string of the molecule is CCCCC(=O)O.[BaH2]. The van der Waals surface area contributed by atoms with Gasteiger partial charge in [0.1, 0.15) is 0 Å². The minimum absolute atomic E-state index is 0. The molecule has 0 spiro atoms. The normalized spacial score (nSPS) is 7.62. The van der Waals surface area contributed by atoms with Crippen LogP contribution in [0.15, 0.2) is 0 Å². The zero-order valence-corrected chi connectivity index (χ0v) is 4.48. The van der Waals surface area contributed by atoms with Gasteiger partial charge >= 0.3 is 54.9 Å².